The Labute approximate surface area is 105 Å². The third kappa shape index (κ3) is 4.35. The van der Waals surface area contributed by atoms with Gasteiger partial charge in [0.1, 0.15) is 12.1 Å². The molecule has 0 aliphatic carbocycles. The first-order valence-corrected chi connectivity index (χ1v) is 6.35. The van der Waals surface area contributed by atoms with Crippen LogP contribution in [0, 0.1) is 0 Å². The average Bonchev–Trinajstić information content (AvgIpc) is 2.26. The molecule has 1 heterocycles. The lowest BCUT2D eigenvalue weighted by Gasteiger charge is -2.18. The number of aromatic nitrogens is 2. The number of ether oxygens (including phenoxy) is 1. The molecule has 1 rings (SSSR count). The summed E-state index contributed by atoms with van der Waals surface area (Å²) < 4.78 is 5.34. The second-order valence-corrected chi connectivity index (χ2v) is 5.20. The van der Waals surface area contributed by atoms with Crippen LogP contribution in [-0.4, -0.2) is 35.0 Å². The van der Waals surface area contributed by atoms with E-state index in [2.05, 4.69) is 37.7 Å². The molecule has 0 radical (unpaired) electrons. The van der Waals surface area contributed by atoms with Crippen molar-refractivity contribution in [2.75, 3.05) is 25.1 Å². The molecule has 0 amide bonds. The van der Waals surface area contributed by atoms with Crippen LogP contribution in [-0.2, 0) is 0 Å². The highest BCUT2D eigenvalue weighted by Crippen LogP contribution is 2.15. The molecule has 5 heteroatoms. The van der Waals surface area contributed by atoms with E-state index >= 15 is 0 Å². The fourth-order valence-electron chi connectivity index (χ4n) is 1.25. The third-order valence-electron chi connectivity index (χ3n) is 2.17. The SMILES string of the molecule is CCOc1cc(N(C)CCC(C)Br)ncn1. The van der Waals surface area contributed by atoms with E-state index in [4.69, 9.17) is 4.74 Å². The van der Waals surface area contributed by atoms with Crippen molar-refractivity contribution in [1.82, 2.24) is 9.97 Å². The molecule has 0 aliphatic heterocycles. The van der Waals surface area contributed by atoms with Crippen molar-refractivity contribution in [1.29, 1.82) is 0 Å². The summed E-state index contributed by atoms with van der Waals surface area (Å²) in [5.74, 6) is 1.53. The summed E-state index contributed by atoms with van der Waals surface area (Å²) in [5.41, 5.74) is 0. The average molecular weight is 288 g/mol. The van der Waals surface area contributed by atoms with Gasteiger partial charge in [-0.15, -0.1) is 0 Å². The normalized spacial score (nSPS) is 12.2. The number of hydrogen-bond donors (Lipinski definition) is 0. The number of anilines is 1. The van der Waals surface area contributed by atoms with Crippen molar-refractivity contribution in [3.63, 3.8) is 0 Å². The Kier molecular flexibility index (Phi) is 5.52. The molecule has 0 spiro atoms. The highest BCUT2D eigenvalue weighted by Gasteiger charge is 2.06. The van der Waals surface area contributed by atoms with Crippen LogP contribution in [0.5, 0.6) is 5.88 Å². The van der Waals surface area contributed by atoms with Gasteiger partial charge in [-0.25, -0.2) is 9.97 Å². The molecule has 1 aromatic rings. The van der Waals surface area contributed by atoms with Crippen LogP contribution in [0.3, 0.4) is 0 Å². The van der Waals surface area contributed by atoms with Gasteiger partial charge >= 0.3 is 0 Å². The van der Waals surface area contributed by atoms with Gasteiger partial charge in [0.25, 0.3) is 0 Å². The van der Waals surface area contributed by atoms with Gasteiger partial charge in [0.2, 0.25) is 5.88 Å². The predicted molar refractivity (Wildman–Crippen MR) is 69.5 cm³/mol. The molecule has 0 saturated carbocycles. The lowest BCUT2D eigenvalue weighted by Crippen LogP contribution is -2.21. The van der Waals surface area contributed by atoms with Crippen molar-refractivity contribution in [3.05, 3.63) is 12.4 Å². The van der Waals surface area contributed by atoms with Gasteiger partial charge in [0.15, 0.2) is 0 Å². The van der Waals surface area contributed by atoms with E-state index in [9.17, 15) is 0 Å². The fraction of sp³-hybridized carbons (Fsp3) is 0.636. The number of halogens is 1. The Bertz CT molecular complexity index is 320. The second kappa shape index (κ2) is 6.68. The smallest absolute Gasteiger partial charge is 0.218 e. The maximum atomic E-state index is 5.34. The molecule has 16 heavy (non-hydrogen) atoms. The molecule has 0 aromatic carbocycles. The largest absolute Gasteiger partial charge is 0.478 e. The van der Waals surface area contributed by atoms with Crippen molar-refractivity contribution in [2.45, 2.75) is 25.1 Å². The zero-order chi connectivity index (χ0) is 12.0. The lowest BCUT2D eigenvalue weighted by molar-refractivity contribution is 0.326. The van der Waals surface area contributed by atoms with Crippen molar-refractivity contribution in [2.24, 2.45) is 0 Å². The minimum Gasteiger partial charge on any atom is -0.478 e. The summed E-state index contributed by atoms with van der Waals surface area (Å²) in [4.78, 5) is 10.9. The van der Waals surface area contributed by atoms with E-state index in [0.29, 0.717) is 17.3 Å². The van der Waals surface area contributed by atoms with E-state index in [1.165, 1.54) is 6.33 Å². The first-order chi connectivity index (χ1) is 7.63. The van der Waals surface area contributed by atoms with Gasteiger partial charge in [0.05, 0.1) is 6.61 Å². The van der Waals surface area contributed by atoms with E-state index in [1.54, 1.807) is 0 Å². The van der Waals surface area contributed by atoms with Crippen LogP contribution in [0.25, 0.3) is 0 Å². The van der Waals surface area contributed by atoms with Gasteiger partial charge in [-0.2, -0.15) is 0 Å². The van der Waals surface area contributed by atoms with E-state index in [0.717, 1.165) is 18.8 Å². The molecule has 1 unspecified atom stereocenters. The highest BCUT2D eigenvalue weighted by atomic mass is 79.9. The maximum Gasteiger partial charge on any atom is 0.218 e. The molecule has 4 nitrogen and oxygen atoms in total. The number of alkyl halides is 1. The molecule has 0 fully saturated rings. The summed E-state index contributed by atoms with van der Waals surface area (Å²) in [6, 6.07) is 1.86. The molecule has 0 N–H and O–H groups in total. The molecule has 1 atom stereocenters. The van der Waals surface area contributed by atoms with E-state index < -0.39 is 0 Å². The van der Waals surface area contributed by atoms with E-state index in [-0.39, 0.29) is 0 Å². The number of hydrogen-bond acceptors (Lipinski definition) is 4. The maximum absolute atomic E-state index is 5.34. The van der Waals surface area contributed by atoms with Crippen LogP contribution in [0.15, 0.2) is 12.4 Å². The molecular weight excluding hydrogens is 270 g/mol. The summed E-state index contributed by atoms with van der Waals surface area (Å²) in [6.07, 6.45) is 2.61. The van der Waals surface area contributed by atoms with Gasteiger partial charge in [-0.1, -0.05) is 22.9 Å². The molecule has 0 saturated heterocycles. The summed E-state index contributed by atoms with van der Waals surface area (Å²) in [6.45, 7) is 5.66. The Morgan fingerprint density at radius 1 is 1.50 bits per heavy atom. The van der Waals surface area contributed by atoms with Crippen molar-refractivity contribution in [3.8, 4) is 5.88 Å². The third-order valence-corrected chi connectivity index (χ3v) is 2.63. The van der Waals surface area contributed by atoms with Crippen LogP contribution < -0.4 is 9.64 Å². The summed E-state index contributed by atoms with van der Waals surface area (Å²) in [7, 11) is 2.02. The molecule has 90 valence electrons. The van der Waals surface area contributed by atoms with Crippen molar-refractivity contribution < 1.29 is 4.74 Å². The zero-order valence-electron chi connectivity index (χ0n) is 9.98. The predicted octanol–water partition coefficient (Wildman–Crippen LogP) is 2.49. The van der Waals surface area contributed by atoms with Crippen LogP contribution >= 0.6 is 15.9 Å². The van der Waals surface area contributed by atoms with Gasteiger partial charge in [0, 0.05) is 24.5 Å². The van der Waals surface area contributed by atoms with Crippen LogP contribution in [0.4, 0.5) is 5.82 Å². The van der Waals surface area contributed by atoms with Gasteiger partial charge in [-0.05, 0) is 13.3 Å². The Morgan fingerprint density at radius 2 is 2.25 bits per heavy atom. The Hall–Kier alpha value is -0.840. The van der Waals surface area contributed by atoms with Gasteiger partial charge < -0.3 is 9.64 Å². The topological polar surface area (TPSA) is 38.2 Å². The standard InChI is InChI=1S/C11H18BrN3O/c1-4-16-11-7-10(13-8-14-11)15(3)6-5-9(2)12/h7-9H,4-6H2,1-3H3. The van der Waals surface area contributed by atoms with E-state index in [1.807, 2.05) is 20.0 Å². The number of nitrogens with zero attached hydrogens (tertiary/aromatic N) is 3. The highest BCUT2D eigenvalue weighted by molar-refractivity contribution is 9.09. The first kappa shape index (κ1) is 13.2. The molecule has 1 aromatic heterocycles. The second-order valence-electron chi connectivity index (χ2n) is 3.64. The lowest BCUT2D eigenvalue weighted by atomic mass is 10.3. The summed E-state index contributed by atoms with van der Waals surface area (Å²) >= 11 is 3.53. The van der Waals surface area contributed by atoms with Crippen LogP contribution in [0.2, 0.25) is 0 Å². The molecule has 0 aliphatic rings. The quantitative estimate of drug-likeness (QED) is 0.754. The van der Waals surface area contributed by atoms with Crippen LogP contribution in [0.1, 0.15) is 20.3 Å². The minimum absolute atomic E-state index is 0.517. The van der Waals surface area contributed by atoms with Crippen molar-refractivity contribution >= 4 is 21.7 Å². The fourth-order valence-corrected chi connectivity index (χ4v) is 1.46. The molecule has 0 bridgehead atoms. The summed E-state index contributed by atoms with van der Waals surface area (Å²) in [5, 5.41) is 0. The monoisotopic (exact) mass is 287 g/mol. The number of rotatable bonds is 6. The Balaban J connectivity index is 2.60. The van der Waals surface area contributed by atoms with Gasteiger partial charge in [-0.3, -0.25) is 0 Å². The zero-order valence-corrected chi connectivity index (χ0v) is 11.6. The Morgan fingerprint density at radius 3 is 2.88 bits per heavy atom. The molecular formula is C11H18BrN3O. The first-order valence-electron chi connectivity index (χ1n) is 5.43. The minimum atomic E-state index is 0.517.